The second kappa shape index (κ2) is 10.5. The molecule has 0 aromatic carbocycles. The van der Waals surface area contributed by atoms with E-state index in [1.807, 2.05) is 0 Å². The normalized spacial score (nSPS) is 7.71. The van der Waals surface area contributed by atoms with Crippen LogP contribution in [0.3, 0.4) is 0 Å². The van der Waals surface area contributed by atoms with Gasteiger partial charge in [0.05, 0.1) is 13.2 Å². The summed E-state index contributed by atoms with van der Waals surface area (Å²) in [5.74, 6) is 0. The molecule has 2 nitrogen and oxygen atoms in total. The molecule has 0 bridgehead atoms. The number of hydrogen-bond donors (Lipinski definition) is 0. The van der Waals surface area contributed by atoms with Gasteiger partial charge in [0.25, 0.3) is 0 Å². The molecule has 0 aliphatic heterocycles. The molecular weight excluding hydrogens is 119 g/mol. The van der Waals surface area contributed by atoms with Crippen molar-refractivity contribution in [3.8, 4) is 0 Å². The van der Waals surface area contributed by atoms with Crippen molar-refractivity contribution in [2.75, 3.05) is 27.4 Å². The van der Waals surface area contributed by atoms with Crippen LogP contribution in [0.4, 0.5) is 0 Å². The minimum atomic E-state index is 0. The Hall–Kier alpha value is 1.56. The quantitative estimate of drug-likeness (QED) is 0.308. The maximum absolute atomic E-state index is 4.66. The van der Waals surface area contributed by atoms with Crippen LogP contribution >= 0.6 is 0 Å². The van der Waals surface area contributed by atoms with Crippen LogP contribution in [0.25, 0.3) is 0 Å². The molecular formula is C4H11KO2. The summed E-state index contributed by atoms with van der Waals surface area (Å²) in [6.45, 7) is 1.38. The molecule has 0 aliphatic carbocycles. The molecule has 0 N–H and O–H groups in total. The monoisotopic (exact) mass is 130 g/mol. The van der Waals surface area contributed by atoms with E-state index in [1.54, 1.807) is 14.2 Å². The number of rotatable bonds is 3. The van der Waals surface area contributed by atoms with Crippen LogP contribution in [0, 0.1) is 0 Å². The van der Waals surface area contributed by atoms with E-state index in [-0.39, 0.29) is 52.8 Å². The molecule has 0 saturated carbocycles. The van der Waals surface area contributed by atoms with Crippen molar-refractivity contribution >= 4 is 0 Å². The van der Waals surface area contributed by atoms with Crippen molar-refractivity contribution in [3.63, 3.8) is 0 Å². The van der Waals surface area contributed by atoms with Gasteiger partial charge in [0, 0.05) is 14.2 Å². The van der Waals surface area contributed by atoms with Gasteiger partial charge in [-0.05, 0) is 0 Å². The average Bonchev–Trinajstić information content (AvgIpc) is 1.61. The molecule has 0 aromatic heterocycles. The van der Waals surface area contributed by atoms with Crippen molar-refractivity contribution in [2.24, 2.45) is 0 Å². The Morgan fingerprint density at radius 1 is 1.14 bits per heavy atom. The maximum atomic E-state index is 4.66. The maximum Gasteiger partial charge on any atom is 1.00 e. The van der Waals surface area contributed by atoms with Gasteiger partial charge in [0.15, 0.2) is 0 Å². The zero-order valence-electron chi connectivity index (χ0n) is 6.23. The van der Waals surface area contributed by atoms with Gasteiger partial charge in [-0.1, -0.05) is 0 Å². The van der Waals surface area contributed by atoms with Crippen LogP contribution in [-0.2, 0) is 9.47 Å². The Labute approximate surface area is 88.5 Å². The second-order valence-electron chi connectivity index (χ2n) is 0.986. The molecule has 0 spiro atoms. The molecule has 0 amide bonds. The van der Waals surface area contributed by atoms with E-state index in [0.29, 0.717) is 13.2 Å². The first-order valence-electron chi connectivity index (χ1n) is 1.89. The van der Waals surface area contributed by atoms with Crippen molar-refractivity contribution in [1.29, 1.82) is 0 Å². The Morgan fingerprint density at radius 3 is 1.57 bits per heavy atom. The fraction of sp³-hybridized carbons (Fsp3) is 1.00. The summed E-state index contributed by atoms with van der Waals surface area (Å²) < 4.78 is 9.31. The third kappa shape index (κ3) is 11.2. The summed E-state index contributed by atoms with van der Waals surface area (Å²) >= 11 is 0. The molecule has 0 heterocycles. The van der Waals surface area contributed by atoms with E-state index < -0.39 is 0 Å². The van der Waals surface area contributed by atoms with Crippen LogP contribution in [0.15, 0.2) is 0 Å². The standard InChI is InChI=1S/C4H10O2.K.H/c1-5-3-4-6-2;;/h3-4H2,1-2H3;;/q;+1;-1. The van der Waals surface area contributed by atoms with Crippen LogP contribution in [0.2, 0.25) is 0 Å². The fourth-order valence-electron chi connectivity index (χ4n) is 0.167. The molecule has 0 atom stereocenters. The first-order valence-corrected chi connectivity index (χ1v) is 1.89. The topological polar surface area (TPSA) is 18.5 Å². The molecule has 7 heavy (non-hydrogen) atoms. The van der Waals surface area contributed by atoms with Gasteiger partial charge < -0.3 is 10.9 Å². The molecule has 0 saturated heterocycles. The minimum Gasteiger partial charge on any atom is -1.00 e. The minimum absolute atomic E-state index is 0. The van der Waals surface area contributed by atoms with E-state index in [2.05, 4.69) is 9.47 Å². The summed E-state index contributed by atoms with van der Waals surface area (Å²) in [5.41, 5.74) is 0. The van der Waals surface area contributed by atoms with Gasteiger partial charge in [0.1, 0.15) is 0 Å². The van der Waals surface area contributed by atoms with Gasteiger partial charge in [-0.2, -0.15) is 0 Å². The molecule has 0 fully saturated rings. The Balaban J connectivity index is -0.000000125. The second-order valence-corrected chi connectivity index (χ2v) is 0.986. The zero-order chi connectivity index (χ0) is 4.83. The predicted molar refractivity (Wildman–Crippen MR) is 24.9 cm³/mol. The SMILES string of the molecule is COCCOC.[H-].[K+]. The summed E-state index contributed by atoms with van der Waals surface area (Å²) in [6.07, 6.45) is 0. The van der Waals surface area contributed by atoms with Gasteiger partial charge in [0.2, 0.25) is 0 Å². The summed E-state index contributed by atoms with van der Waals surface area (Å²) in [4.78, 5) is 0. The van der Waals surface area contributed by atoms with Gasteiger partial charge >= 0.3 is 51.4 Å². The largest absolute Gasteiger partial charge is 1.00 e. The van der Waals surface area contributed by atoms with Crippen LogP contribution < -0.4 is 51.4 Å². The fourth-order valence-corrected chi connectivity index (χ4v) is 0.167. The van der Waals surface area contributed by atoms with Gasteiger partial charge in [-0.25, -0.2) is 0 Å². The molecule has 3 heteroatoms. The number of hydrogen-bond acceptors (Lipinski definition) is 2. The van der Waals surface area contributed by atoms with Gasteiger partial charge in [-0.15, -0.1) is 0 Å². The van der Waals surface area contributed by atoms with E-state index in [4.69, 9.17) is 0 Å². The Morgan fingerprint density at radius 2 is 1.43 bits per heavy atom. The third-order valence-corrected chi connectivity index (χ3v) is 0.492. The average molecular weight is 130 g/mol. The zero-order valence-corrected chi connectivity index (χ0v) is 8.35. The van der Waals surface area contributed by atoms with E-state index in [0.717, 1.165) is 0 Å². The smallest absolute Gasteiger partial charge is 1.00 e. The van der Waals surface area contributed by atoms with Crippen LogP contribution in [0.1, 0.15) is 1.43 Å². The van der Waals surface area contributed by atoms with Crippen molar-refractivity contribution < 1.29 is 62.3 Å². The number of ether oxygens (including phenoxy) is 2. The predicted octanol–water partition coefficient (Wildman–Crippen LogP) is -2.60. The van der Waals surface area contributed by atoms with Crippen molar-refractivity contribution in [1.82, 2.24) is 0 Å². The van der Waals surface area contributed by atoms with Crippen LogP contribution in [0.5, 0.6) is 0 Å². The molecule has 0 radical (unpaired) electrons. The first kappa shape index (κ1) is 11.4. The molecule has 0 aliphatic rings. The van der Waals surface area contributed by atoms with Crippen LogP contribution in [-0.4, -0.2) is 27.4 Å². The van der Waals surface area contributed by atoms with Crippen molar-refractivity contribution in [3.05, 3.63) is 0 Å². The summed E-state index contributed by atoms with van der Waals surface area (Å²) in [5, 5.41) is 0. The van der Waals surface area contributed by atoms with Crippen molar-refractivity contribution in [2.45, 2.75) is 0 Å². The molecule has 0 rings (SSSR count). The summed E-state index contributed by atoms with van der Waals surface area (Å²) in [6, 6.07) is 0. The molecule has 40 valence electrons. The third-order valence-electron chi connectivity index (χ3n) is 0.492. The molecule has 0 unspecified atom stereocenters. The number of methoxy groups -OCH3 is 2. The summed E-state index contributed by atoms with van der Waals surface area (Å²) in [7, 11) is 3.30. The Kier molecular flexibility index (Phi) is 17.1. The van der Waals surface area contributed by atoms with E-state index in [1.165, 1.54) is 0 Å². The van der Waals surface area contributed by atoms with E-state index >= 15 is 0 Å². The van der Waals surface area contributed by atoms with Gasteiger partial charge in [-0.3, -0.25) is 0 Å². The molecule has 0 aromatic rings. The Bertz CT molecular complexity index is 26.0. The van der Waals surface area contributed by atoms with E-state index in [9.17, 15) is 0 Å². The first-order chi connectivity index (χ1) is 2.91.